The minimum Gasteiger partial charge on any atom is -0.236 e. The average Bonchev–Trinajstić information content (AvgIpc) is 2.51. The number of para-hydroxylation sites is 1. The number of halogens is 2. The molecule has 6 heteroatoms. The Balaban J connectivity index is 2.01. The van der Waals surface area contributed by atoms with E-state index in [0.717, 1.165) is 22.0 Å². The predicted molar refractivity (Wildman–Crippen MR) is 94.1 cm³/mol. The molecule has 0 unspecified atom stereocenters. The number of hydrogen-bond acceptors (Lipinski definition) is 3. The number of hydrogen-bond donors (Lipinski definition) is 0. The normalized spacial score (nSPS) is 11.8. The molecule has 0 aliphatic heterocycles. The first-order valence-corrected chi connectivity index (χ1v) is 9.52. The number of benzene rings is 2. The second kappa shape index (κ2) is 6.11. The van der Waals surface area contributed by atoms with Gasteiger partial charge in [0.1, 0.15) is 5.15 Å². The van der Waals surface area contributed by atoms with Gasteiger partial charge in [-0.25, -0.2) is 13.4 Å². The maximum Gasteiger partial charge on any atom is 0.175 e. The molecule has 1 heterocycles. The Kier molecular flexibility index (Phi) is 4.32. The van der Waals surface area contributed by atoms with Crippen molar-refractivity contribution >= 4 is 43.9 Å². The number of fused-ring (bicyclic) bond motifs is 1. The Labute approximate surface area is 144 Å². The summed E-state index contributed by atoms with van der Waals surface area (Å²) in [5, 5.41) is 1.79. The van der Waals surface area contributed by atoms with Gasteiger partial charge in [-0.15, -0.1) is 0 Å². The van der Waals surface area contributed by atoms with Crippen LogP contribution in [0.15, 0.2) is 53.4 Å². The monoisotopic (exact) mass is 365 g/mol. The highest BCUT2D eigenvalue weighted by Gasteiger charge is 2.13. The third kappa shape index (κ3) is 3.34. The van der Waals surface area contributed by atoms with E-state index in [-0.39, 0.29) is 4.90 Å². The molecule has 1 aromatic heterocycles. The van der Waals surface area contributed by atoms with Gasteiger partial charge in [0, 0.05) is 23.6 Å². The zero-order chi connectivity index (χ0) is 16.6. The number of sulfone groups is 1. The molecule has 3 rings (SSSR count). The van der Waals surface area contributed by atoms with Crippen LogP contribution in [0, 0.1) is 0 Å². The minimum absolute atomic E-state index is 0.287. The summed E-state index contributed by atoms with van der Waals surface area (Å²) in [5.41, 5.74) is 2.40. The van der Waals surface area contributed by atoms with Crippen molar-refractivity contribution in [1.82, 2.24) is 4.98 Å². The van der Waals surface area contributed by atoms with E-state index in [9.17, 15) is 8.42 Å². The lowest BCUT2D eigenvalue weighted by Gasteiger charge is -2.10. The molecule has 23 heavy (non-hydrogen) atoms. The van der Waals surface area contributed by atoms with Crippen molar-refractivity contribution < 1.29 is 8.42 Å². The second-order valence-corrected chi connectivity index (χ2v) is 8.06. The molecule has 0 N–H and O–H groups in total. The smallest absolute Gasteiger partial charge is 0.175 e. The van der Waals surface area contributed by atoms with Crippen molar-refractivity contribution in [3.05, 3.63) is 69.8 Å². The molecule has 0 fully saturated rings. The number of pyridine rings is 1. The van der Waals surface area contributed by atoms with Crippen LogP contribution in [-0.4, -0.2) is 19.7 Å². The first kappa shape index (κ1) is 16.2. The fraction of sp³-hybridized carbons (Fsp3) is 0.118. The number of rotatable bonds is 3. The molecule has 0 bridgehead atoms. The summed E-state index contributed by atoms with van der Waals surface area (Å²) >= 11 is 12.8. The fourth-order valence-electron chi connectivity index (χ4n) is 2.39. The molecular weight excluding hydrogens is 353 g/mol. The van der Waals surface area contributed by atoms with Gasteiger partial charge in [-0.2, -0.15) is 0 Å². The Morgan fingerprint density at radius 1 is 1.00 bits per heavy atom. The molecule has 0 spiro atoms. The van der Waals surface area contributed by atoms with Gasteiger partial charge in [-0.3, -0.25) is 0 Å². The predicted octanol–water partition coefficient (Wildman–Crippen LogP) is 4.54. The maximum atomic E-state index is 11.5. The van der Waals surface area contributed by atoms with Crippen molar-refractivity contribution in [2.24, 2.45) is 0 Å². The second-order valence-electron chi connectivity index (χ2n) is 5.31. The SMILES string of the molecule is CS(=O)(=O)c1ccc(Cc2c(Cl)nc3ccccc3c2Cl)cc1. The van der Waals surface area contributed by atoms with Crippen LogP contribution in [0.4, 0.5) is 0 Å². The molecule has 118 valence electrons. The average molecular weight is 366 g/mol. The van der Waals surface area contributed by atoms with Gasteiger partial charge in [-0.1, -0.05) is 53.5 Å². The Morgan fingerprint density at radius 3 is 2.30 bits per heavy atom. The van der Waals surface area contributed by atoms with E-state index in [1.54, 1.807) is 24.3 Å². The summed E-state index contributed by atoms with van der Waals surface area (Å²) in [7, 11) is -3.20. The number of aromatic nitrogens is 1. The van der Waals surface area contributed by atoms with Crippen LogP contribution in [0.3, 0.4) is 0 Å². The van der Waals surface area contributed by atoms with Crippen molar-refractivity contribution in [2.75, 3.05) is 6.26 Å². The van der Waals surface area contributed by atoms with E-state index in [0.29, 0.717) is 16.6 Å². The van der Waals surface area contributed by atoms with Gasteiger partial charge in [0.25, 0.3) is 0 Å². The first-order valence-electron chi connectivity index (χ1n) is 6.88. The van der Waals surface area contributed by atoms with E-state index in [1.807, 2.05) is 24.3 Å². The molecular formula is C17H13Cl2NO2S. The van der Waals surface area contributed by atoms with Crippen molar-refractivity contribution in [3.63, 3.8) is 0 Å². The van der Waals surface area contributed by atoms with Gasteiger partial charge >= 0.3 is 0 Å². The van der Waals surface area contributed by atoms with Crippen LogP contribution in [0.25, 0.3) is 10.9 Å². The van der Waals surface area contributed by atoms with Gasteiger partial charge in [0.15, 0.2) is 9.84 Å². The van der Waals surface area contributed by atoms with E-state index in [2.05, 4.69) is 4.98 Å². The van der Waals surface area contributed by atoms with E-state index in [4.69, 9.17) is 23.2 Å². The lowest BCUT2D eigenvalue weighted by atomic mass is 10.0. The largest absolute Gasteiger partial charge is 0.236 e. The summed E-state index contributed by atoms with van der Waals surface area (Å²) in [6.07, 6.45) is 1.67. The Bertz CT molecular complexity index is 983. The van der Waals surface area contributed by atoms with Crippen molar-refractivity contribution in [1.29, 1.82) is 0 Å². The summed E-state index contributed by atoms with van der Waals surface area (Å²) in [4.78, 5) is 4.66. The van der Waals surface area contributed by atoms with Crippen LogP contribution < -0.4 is 0 Å². The summed E-state index contributed by atoms with van der Waals surface area (Å²) in [6, 6.07) is 14.2. The number of nitrogens with zero attached hydrogens (tertiary/aromatic N) is 1. The summed E-state index contributed by atoms with van der Waals surface area (Å²) in [6.45, 7) is 0. The maximum absolute atomic E-state index is 11.5. The van der Waals surface area contributed by atoms with Crippen LogP contribution in [0.2, 0.25) is 10.2 Å². The molecule has 0 atom stereocenters. The first-order chi connectivity index (χ1) is 10.9. The molecule has 0 aliphatic carbocycles. The highest BCUT2D eigenvalue weighted by Crippen LogP contribution is 2.32. The molecule has 0 amide bonds. The zero-order valence-electron chi connectivity index (χ0n) is 12.3. The summed E-state index contributed by atoms with van der Waals surface area (Å²) < 4.78 is 23.0. The highest BCUT2D eigenvalue weighted by atomic mass is 35.5. The Morgan fingerprint density at radius 2 is 1.65 bits per heavy atom. The van der Waals surface area contributed by atoms with E-state index < -0.39 is 9.84 Å². The van der Waals surface area contributed by atoms with Gasteiger partial charge in [0.2, 0.25) is 0 Å². The molecule has 2 aromatic carbocycles. The molecule has 0 saturated carbocycles. The van der Waals surface area contributed by atoms with E-state index in [1.165, 1.54) is 6.26 Å². The van der Waals surface area contributed by atoms with Crippen LogP contribution in [-0.2, 0) is 16.3 Å². The lowest BCUT2D eigenvalue weighted by molar-refractivity contribution is 0.602. The summed E-state index contributed by atoms with van der Waals surface area (Å²) in [5.74, 6) is 0. The van der Waals surface area contributed by atoms with Crippen LogP contribution >= 0.6 is 23.2 Å². The zero-order valence-corrected chi connectivity index (χ0v) is 14.6. The standard InChI is InChI=1S/C17H13Cl2NO2S/c1-23(21,22)12-8-6-11(7-9-12)10-14-16(18)13-4-2-3-5-15(13)20-17(14)19/h2-9H,10H2,1H3. The van der Waals surface area contributed by atoms with Crippen LogP contribution in [0.5, 0.6) is 0 Å². The topological polar surface area (TPSA) is 47.0 Å². The highest BCUT2D eigenvalue weighted by molar-refractivity contribution is 7.90. The van der Waals surface area contributed by atoms with Gasteiger partial charge in [-0.05, 0) is 23.8 Å². The van der Waals surface area contributed by atoms with Crippen molar-refractivity contribution in [3.8, 4) is 0 Å². The third-order valence-corrected chi connectivity index (χ3v) is 5.48. The van der Waals surface area contributed by atoms with Crippen LogP contribution in [0.1, 0.15) is 11.1 Å². The van der Waals surface area contributed by atoms with E-state index >= 15 is 0 Å². The molecule has 3 aromatic rings. The van der Waals surface area contributed by atoms with Crippen molar-refractivity contribution in [2.45, 2.75) is 11.3 Å². The Hall–Kier alpha value is -1.62. The molecule has 0 aliphatic rings. The van der Waals surface area contributed by atoms with Gasteiger partial charge < -0.3 is 0 Å². The quantitative estimate of drug-likeness (QED) is 0.640. The molecule has 0 radical (unpaired) electrons. The third-order valence-electron chi connectivity index (χ3n) is 3.61. The lowest BCUT2D eigenvalue weighted by Crippen LogP contribution is -1.98. The van der Waals surface area contributed by atoms with Gasteiger partial charge in [0.05, 0.1) is 15.4 Å². The molecule has 3 nitrogen and oxygen atoms in total. The fourth-order valence-corrected chi connectivity index (χ4v) is 3.64. The molecule has 0 saturated heterocycles. The minimum atomic E-state index is -3.20.